The fourth-order valence-electron chi connectivity index (χ4n) is 1.81. The van der Waals surface area contributed by atoms with Crippen LogP contribution in [0.25, 0.3) is 10.8 Å². The Balaban J connectivity index is 2.63. The maximum absolute atomic E-state index is 10.9. The lowest BCUT2D eigenvalue weighted by molar-refractivity contribution is -0.117. The average molecular weight is 213 g/mol. The molecule has 0 bridgehead atoms. The standard InChI is InChI=1S/C13H11NO2/c14-13(16)7-9-5-10-3-1-2-4-12(10)11(6-9)8-15/h1-6,8H,7H2,(H2,14,16). The second-order valence-electron chi connectivity index (χ2n) is 3.67. The molecule has 0 aromatic heterocycles. The van der Waals surface area contributed by atoms with E-state index in [0.717, 1.165) is 22.6 Å². The van der Waals surface area contributed by atoms with Crippen LogP contribution in [0.5, 0.6) is 0 Å². The summed E-state index contributed by atoms with van der Waals surface area (Å²) in [6.45, 7) is 0. The van der Waals surface area contributed by atoms with Gasteiger partial charge in [-0.2, -0.15) is 0 Å². The number of nitrogens with two attached hydrogens (primary N) is 1. The molecule has 80 valence electrons. The third kappa shape index (κ3) is 1.93. The largest absolute Gasteiger partial charge is 0.369 e. The van der Waals surface area contributed by atoms with Gasteiger partial charge in [0.05, 0.1) is 6.42 Å². The Hall–Kier alpha value is -2.16. The van der Waals surface area contributed by atoms with Crippen LogP contribution in [-0.2, 0) is 11.2 Å². The maximum Gasteiger partial charge on any atom is 0.221 e. The van der Waals surface area contributed by atoms with Gasteiger partial charge in [-0.25, -0.2) is 0 Å². The number of fused-ring (bicyclic) bond motifs is 1. The van der Waals surface area contributed by atoms with Crippen LogP contribution in [0, 0.1) is 0 Å². The van der Waals surface area contributed by atoms with Crippen molar-refractivity contribution < 1.29 is 9.59 Å². The van der Waals surface area contributed by atoms with Crippen molar-refractivity contribution in [2.45, 2.75) is 6.42 Å². The molecule has 0 atom stereocenters. The van der Waals surface area contributed by atoms with Crippen LogP contribution in [-0.4, -0.2) is 12.2 Å². The van der Waals surface area contributed by atoms with E-state index in [1.54, 1.807) is 6.07 Å². The van der Waals surface area contributed by atoms with Gasteiger partial charge in [0.25, 0.3) is 0 Å². The van der Waals surface area contributed by atoms with Crippen molar-refractivity contribution >= 4 is 23.0 Å². The van der Waals surface area contributed by atoms with E-state index in [0.29, 0.717) is 5.56 Å². The van der Waals surface area contributed by atoms with E-state index >= 15 is 0 Å². The predicted molar refractivity (Wildman–Crippen MR) is 62.2 cm³/mol. The highest BCUT2D eigenvalue weighted by Gasteiger charge is 2.05. The summed E-state index contributed by atoms with van der Waals surface area (Å²) in [5, 5.41) is 1.84. The van der Waals surface area contributed by atoms with Gasteiger partial charge in [0.1, 0.15) is 0 Å². The van der Waals surface area contributed by atoms with E-state index in [-0.39, 0.29) is 6.42 Å². The molecule has 3 nitrogen and oxygen atoms in total. The van der Waals surface area contributed by atoms with E-state index in [9.17, 15) is 9.59 Å². The third-order valence-electron chi connectivity index (χ3n) is 2.46. The van der Waals surface area contributed by atoms with Crippen molar-refractivity contribution in [1.82, 2.24) is 0 Å². The quantitative estimate of drug-likeness (QED) is 0.788. The van der Waals surface area contributed by atoms with Crippen LogP contribution in [0.3, 0.4) is 0 Å². The molecule has 16 heavy (non-hydrogen) atoms. The molecule has 2 aromatic rings. The van der Waals surface area contributed by atoms with Gasteiger partial charge in [-0.3, -0.25) is 9.59 Å². The van der Waals surface area contributed by atoms with E-state index < -0.39 is 5.91 Å². The van der Waals surface area contributed by atoms with Crippen molar-refractivity contribution in [2.24, 2.45) is 5.73 Å². The Bertz CT molecular complexity index is 561. The second-order valence-corrected chi connectivity index (χ2v) is 3.67. The summed E-state index contributed by atoms with van der Waals surface area (Å²) in [6, 6.07) is 11.2. The zero-order chi connectivity index (χ0) is 11.5. The highest BCUT2D eigenvalue weighted by atomic mass is 16.1. The second kappa shape index (κ2) is 4.14. The topological polar surface area (TPSA) is 60.2 Å². The summed E-state index contributed by atoms with van der Waals surface area (Å²) in [4.78, 5) is 21.8. The zero-order valence-electron chi connectivity index (χ0n) is 8.64. The van der Waals surface area contributed by atoms with Crippen LogP contribution in [0.2, 0.25) is 0 Å². The molecule has 0 spiro atoms. The highest BCUT2D eigenvalue weighted by molar-refractivity contribution is 5.99. The van der Waals surface area contributed by atoms with Crippen LogP contribution in [0.15, 0.2) is 36.4 Å². The molecule has 0 radical (unpaired) electrons. The van der Waals surface area contributed by atoms with E-state index in [1.165, 1.54) is 0 Å². The fourth-order valence-corrected chi connectivity index (χ4v) is 1.81. The molecule has 0 heterocycles. The Morgan fingerprint density at radius 2 is 2.00 bits per heavy atom. The minimum atomic E-state index is -0.396. The van der Waals surface area contributed by atoms with Crippen molar-refractivity contribution in [3.63, 3.8) is 0 Å². The van der Waals surface area contributed by atoms with Gasteiger partial charge in [0.15, 0.2) is 6.29 Å². The van der Waals surface area contributed by atoms with E-state index in [1.807, 2.05) is 30.3 Å². The lowest BCUT2D eigenvalue weighted by atomic mass is 10.00. The third-order valence-corrected chi connectivity index (χ3v) is 2.46. The number of primary amides is 1. The molecule has 0 aliphatic rings. The molecule has 2 rings (SSSR count). The number of benzene rings is 2. The molecule has 2 N–H and O–H groups in total. The molecule has 0 saturated heterocycles. The lowest BCUT2D eigenvalue weighted by Crippen LogP contribution is -2.13. The Morgan fingerprint density at radius 3 is 2.69 bits per heavy atom. The minimum absolute atomic E-state index is 0.158. The molecular weight excluding hydrogens is 202 g/mol. The summed E-state index contributed by atoms with van der Waals surface area (Å²) >= 11 is 0. The first kappa shape index (κ1) is 10.4. The van der Waals surface area contributed by atoms with Crippen LogP contribution < -0.4 is 5.73 Å². The highest BCUT2D eigenvalue weighted by Crippen LogP contribution is 2.20. The van der Waals surface area contributed by atoms with E-state index in [4.69, 9.17) is 5.73 Å². The molecular formula is C13H11NO2. The van der Waals surface area contributed by atoms with Crippen LogP contribution >= 0.6 is 0 Å². The molecule has 0 fully saturated rings. The van der Waals surface area contributed by atoms with Crippen LogP contribution in [0.1, 0.15) is 15.9 Å². The van der Waals surface area contributed by atoms with Gasteiger partial charge in [-0.05, 0) is 22.4 Å². The van der Waals surface area contributed by atoms with Crippen molar-refractivity contribution in [3.05, 3.63) is 47.5 Å². The first-order chi connectivity index (χ1) is 7.70. The van der Waals surface area contributed by atoms with Gasteiger partial charge in [0.2, 0.25) is 5.91 Å². The predicted octanol–water partition coefficient (Wildman–Crippen LogP) is 1.68. The Morgan fingerprint density at radius 1 is 1.25 bits per heavy atom. The monoisotopic (exact) mass is 213 g/mol. The average Bonchev–Trinajstić information content (AvgIpc) is 2.27. The van der Waals surface area contributed by atoms with Crippen LogP contribution in [0.4, 0.5) is 0 Å². The Kier molecular flexibility index (Phi) is 2.68. The first-order valence-electron chi connectivity index (χ1n) is 4.96. The molecule has 1 amide bonds. The SMILES string of the molecule is NC(=O)Cc1cc(C=O)c2ccccc2c1. The molecule has 0 aliphatic heterocycles. The summed E-state index contributed by atoms with van der Waals surface area (Å²) in [5.41, 5.74) is 6.50. The Labute approximate surface area is 92.9 Å². The van der Waals surface area contributed by atoms with Crippen molar-refractivity contribution in [1.29, 1.82) is 0 Å². The molecule has 0 unspecified atom stereocenters. The summed E-state index contributed by atoms with van der Waals surface area (Å²) < 4.78 is 0. The molecule has 3 heteroatoms. The number of aldehydes is 1. The molecule has 2 aromatic carbocycles. The normalized spacial score (nSPS) is 10.2. The number of rotatable bonds is 3. The first-order valence-corrected chi connectivity index (χ1v) is 4.96. The minimum Gasteiger partial charge on any atom is -0.369 e. The van der Waals surface area contributed by atoms with Gasteiger partial charge in [-0.1, -0.05) is 30.3 Å². The summed E-state index contributed by atoms with van der Waals surface area (Å²) in [6.07, 6.45) is 0.957. The van der Waals surface area contributed by atoms with E-state index in [2.05, 4.69) is 0 Å². The summed E-state index contributed by atoms with van der Waals surface area (Å²) in [5.74, 6) is -0.396. The number of carbonyl (C=O) groups is 2. The smallest absolute Gasteiger partial charge is 0.221 e. The van der Waals surface area contributed by atoms with Crippen molar-refractivity contribution in [2.75, 3.05) is 0 Å². The van der Waals surface area contributed by atoms with Gasteiger partial charge < -0.3 is 5.73 Å². The zero-order valence-corrected chi connectivity index (χ0v) is 8.64. The maximum atomic E-state index is 10.9. The van der Waals surface area contributed by atoms with Gasteiger partial charge in [-0.15, -0.1) is 0 Å². The van der Waals surface area contributed by atoms with Gasteiger partial charge >= 0.3 is 0 Å². The number of carbonyl (C=O) groups excluding carboxylic acids is 2. The van der Waals surface area contributed by atoms with Gasteiger partial charge in [0, 0.05) is 5.56 Å². The molecule has 0 saturated carbocycles. The number of hydrogen-bond donors (Lipinski definition) is 1. The number of hydrogen-bond acceptors (Lipinski definition) is 2. The molecule has 0 aliphatic carbocycles. The fraction of sp³-hybridized carbons (Fsp3) is 0.0769. The summed E-state index contributed by atoms with van der Waals surface area (Å²) in [7, 11) is 0. The number of amides is 1. The van der Waals surface area contributed by atoms with Crippen molar-refractivity contribution in [3.8, 4) is 0 Å². The lowest BCUT2D eigenvalue weighted by Gasteiger charge is -2.04.